The van der Waals surface area contributed by atoms with E-state index in [0.717, 1.165) is 0 Å². The molecule has 0 aliphatic carbocycles. The van der Waals surface area contributed by atoms with Gasteiger partial charge in [0.15, 0.2) is 24.7 Å². The topological polar surface area (TPSA) is 132 Å². The third kappa shape index (κ3) is 8.06. The summed E-state index contributed by atoms with van der Waals surface area (Å²) >= 11 is 0. The summed E-state index contributed by atoms with van der Waals surface area (Å²) in [5.41, 5.74) is -0.408. The molecule has 0 aromatic heterocycles. The predicted molar refractivity (Wildman–Crippen MR) is 113 cm³/mol. The van der Waals surface area contributed by atoms with Gasteiger partial charge in [-0.1, -0.05) is 0 Å². The van der Waals surface area contributed by atoms with Gasteiger partial charge in [-0.2, -0.15) is 0 Å². The first-order valence-corrected chi connectivity index (χ1v) is 10.0. The van der Waals surface area contributed by atoms with Crippen LogP contribution in [0.4, 0.5) is 4.79 Å². The Balaban J connectivity index is 1.87. The normalized spacial score (nSPS) is 13.7. The molecule has 0 atom stereocenters. The first-order valence-electron chi connectivity index (χ1n) is 10.0. The maximum Gasteiger partial charge on any atom is 0.338 e. The molecule has 1 aliphatic rings. The van der Waals surface area contributed by atoms with Crippen LogP contribution in [0.2, 0.25) is 0 Å². The van der Waals surface area contributed by atoms with Crippen molar-refractivity contribution in [2.24, 2.45) is 0 Å². The van der Waals surface area contributed by atoms with E-state index in [4.69, 9.17) is 18.9 Å². The first kappa shape index (κ1) is 24.9. The molecule has 11 nitrogen and oxygen atoms in total. The fourth-order valence-electron chi connectivity index (χ4n) is 2.71. The number of nitrogens with one attached hydrogen (secondary N) is 2. The standard InChI is InChI=1S/C21H29N3O8/c1-21(2,3)23-20(28)22-17(25)12-32-19(27)14-5-6-15(16(11-14)29-4)31-13-18(26)24-7-9-30-10-8-24/h5-6,11H,7-10,12-13H2,1-4H3,(H2,22,23,25,28). The fourth-order valence-corrected chi connectivity index (χ4v) is 2.71. The van der Waals surface area contributed by atoms with Crippen LogP contribution < -0.4 is 20.1 Å². The highest BCUT2D eigenvalue weighted by atomic mass is 16.5. The second-order valence-corrected chi connectivity index (χ2v) is 7.98. The van der Waals surface area contributed by atoms with E-state index in [2.05, 4.69) is 10.6 Å². The highest BCUT2D eigenvalue weighted by molar-refractivity contribution is 5.97. The quantitative estimate of drug-likeness (QED) is 0.580. The minimum absolute atomic E-state index is 0.112. The average Bonchev–Trinajstić information content (AvgIpc) is 2.74. The van der Waals surface area contributed by atoms with Gasteiger partial charge in [0.2, 0.25) is 0 Å². The van der Waals surface area contributed by atoms with Crippen molar-refractivity contribution in [3.05, 3.63) is 23.8 Å². The number of hydrogen-bond donors (Lipinski definition) is 2. The van der Waals surface area contributed by atoms with Crippen LogP contribution >= 0.6 is 0 Å². The van der Waals surface area contributed by atoms with Gasteiger partial charge in [0.25, 0.3) is 11.8 Å². The monoisotopic (exact) mass is 451 g/mol. The van der Waals surface area contributed by atoms with Crippen LogP contribution in [0.15, 0.2) is 18.2 Å². The second kappa shape index (κ2) is 11.3. The van der Waals surface area contributed by atoms with E-state index in [1.165, 1.54) is 25.3 Å². The molecule has 1 aliphatic heterocycles. The van der Waals surface area contributed by atoms with E-state index < -0.39 is 30.1 Å². The van der Waals surface area contributed by atoms with Crippen molar-refractivity contribution in [3.63, 3.8) is 0 Å². The lowest BCUT2D eigenvalue weighted by Gasteiger charge is -2.26. The van der Waals surface area contributed by atoms with Crippen molar-refractivity contribution < 1.29 is 38.1 Å². The molecule has 1 aromatic rings. The Hall–Kier alpha value is -3.34. The Labute approximate surface area is 186 Å². The summed E-state index contributed by atoms with van der Waals surface area (Å²) in [4.78, 5) is 49.6. The molecule has 0 spiro atoms. The van der Waals surface area contributed by atoms with E-state index in [1.807, 2.05) is 0 Å². The van der Waals surface area contributed by atoms with Gasteiger partial charge in [0.1, 0.15) is 0 Å². The summed E-state index contributed by atoms with van der Waals surface area (Å²) < 4.78 is 20.9. The number of imide groups is 1. The van der Waals surface area contributed by atoms with Crippen LogP contribution in [0.1, 0.15) is 31.1 Å². The molecule has 11 heteroatoms. The molecule has 1 aromatic carbocycles. The van der Waals surface area contributed by atoms with Crippen molar-refractivity contribution in [3.8, 4) is 11.5 Å². The van der Waals surface area contributed by atoms with E-state index >= 15 is 0 Å². The zero-order valence-corrected chi connectivity index (χ0v) is 18.7. The lowest BCUT2D eigenvalue weighted by atomic mass is 10.1. The molecular weight excluding hydrogens is 422 g/mol. The number of esters is 1. The number of carbonyl (C=O) groups excluding carboxylic acids is 4. The number of benzene rings is 1. The van der Waals surface area contributed by atoms with Gasteiger partial charge in [-0.3, -0.25) is 14.9 Å². The minimum atomic E-state index is -0.786. The molecule has 0 saturated carbocycles. The molecule has 1 saturated heterocycles. The third-order valence-corrected chi connectivity index (χ3v) is 4.19. The Morgan fingerprint density at radius 2 is 1.75 bits per heavy atom. The van der Waals surface area contributed by atoms with E-state index in [0.29, 0.717) is 26.3 Å². The third-order valence-electron chi connectivity index (χ3n) is 4.19. The number of ether oxygens (including phenoxy) is 4. The second-order valence-electron chi connectivity index (χ2n) is 7.98. The van der Waals surface area contributed by atoms with Gasteiger partial charge >= 0.3 is 12.0 Å². The molecule has 1 heterocycles. The van der Waals surface area contributed by atoms with Crippen molar-refractivity contribution in [1.29, 1.82) is 0 Å². The molecule has 32 heavy (non-hydrogen) atoms. The highest BCUT2D eigenvalue weighted by Crippen LogP contribution is 2.28. The van der Waals surface area contributed by atoms with Crippen LogP contribution in [0.3, 0.4) is 0 Å². The van der Waals surface area contributed by atoms with Crippen LogP contribution in [0.5, 0.6) is 11.5 Å². The Bertz CT molecular complexity index is 844. The lowest BCUT2D eigenvalue weighted by Crippen LogP contribution is -2.49. The van der Waals surface area contributed by atoms with E-state index in [1.54, 1.807) is 25.7 Å². The van der Waals surface area contributed by atoms with Crippen molar-refractivity contribution in [2.45, 2.75) is 26.3 Å². The Kier molecular flexibility index (Phi) is 8.82. The van der Waals surface area contributed by atoms with Crippen LogP contribution in [0, 0.1) is 0 Å². The van der Waals surface area contributed by atoms with Crippen LogP contribution in [-0.4, -0.2) is 80.9 Å². The number of nitrogens with zero attached hydrogens (tertiary/aromatic N) is 1. The number of amides is 4. The Morgan fingerprint density at radius 1 is 1.06 bits per heavy atom. The molecule has 0 radical (unpaired) electrons. The molecule has 4 amide bonds. The highest BCUT2D eigenvalue weighted by Gasteiger charge is 2.20. The maximum atomic E-state index is 12.2. The smallest absolute Gasteiger partial charge is 0.338 e. The molecule has 0 bridgehead atoms. The fraction of sp³-hybridized carbons (Fsp3) is 0.524. The summed E-state index contributed by atoms with van der Waals surface area (Å²) in [6, 6.07) is 3.58. The number of rotatable bonds is 7. The SMILES string of the molecule is COc1cc(C(=O)OCC(=O)NC(=O)NC(C)(C)C)ccc1OCC(=O)N1CCOCC1. The van der Waals surface area contributed by atoms with Crippen LogP contribution in [-0.2, 0) is 19.1 Å². The van der Waals surface area contributed by atoms with Gasteiger partial charge in [-0.15, -0.1) is 0 Å². The minimum Gasteiger partial charge on any atom is -0.493 e. The zero-order valence-electron chi connectivity index (χ0n) is 18.7. The van der Waals surface area contributed by atoms with Gasteiger partial charge in [-0.05, 0) is 39.0 Å². The number of urea groups is 1. The number of hydrogen-bond acceptors (Lipinski definition) is 8. The van der Waals surface area contributed by atoms with Crippen molar-refractivity contribution in [2.75, 3.05) is 46.6 Å². The summed E-state index contributed by atoms with van der Waals surface area (Å²) in [5.74, 6) is -1.23. The van der Waals surface area contributed by atoms with Gasteiger partial charge < -0.3 is 29.2 Å². The number of carbonyl (C=O) groups is 4. The first-order chi connectivity index (χ1) is 15.1. The van der Waals surface area contributed by atoms with E-state index in [-0.39, 0.29) is 29.6 Å². The van der Waals surface area contributed by atoms with Gasteiger partial charge in [-0.25, -0.2) is 9.59 Å². The van der Waals surface area contributed by atoms with Crippen molar-refractivity contribution in [1.82, 2.24) is 15.5 Å². The molecule has 176 valence electrons. The summed E-state index contributed by atoms with van der Waals surface area (Å²) in [7, 11) is 1.39. The Morgan fingerprint density at radius 3 is 2.38 bits per heavy atom. The van der Waals surface area contributed by atoms with Crippen LogP contribution in [0.25, 0.3) is 0 Å². The van der Waals surface area contributed by atoms with Gasteiger partial charge in [0.05, 0.1) is 25.9 Å². The molecular formula is C21H29N3O8. The molecule has 1 fully saturated rings. The number of methoxy groups -OCH3 is 1. The van der Waals surface area contributed by atoms with E-state index in [9.17, 15) is 19.2 Å². The zero-order chi connectivity index (χ0) is 23.7. The average molecular weight is 451 g/mol. The lowest BCUT2D eigenvalue weighted by molar-refractivity contribution is -0.137. The molecule has 2 rings (SSSR count). The van der Waals surface area contributed by atoms with Gasteiger partial charge in [0, 0.05) is 18.6 Å². The predicted octanol–water partition coefficient (Wildman–Crippen LogP) is 0.714. The maximum absolute atomic E-state index is 12.2. The summed E-state index contributed by atoms with van der Waals surface area (Å²) in [5, 5.41) is 4.63. The summed E-state index contributed by atoms with van der Waals surface area (Å²) in [6.07, 6.45) is 0. The summed E-state index contributed by atoms with van der Waals surface area (Å²) in [6.45, 7) is 6.46. The molecule has 0 unspecified atom stereocenters. The molecule has 2 N–H and O–H groups in total. The number of morpholine rings is 1. The van der Waals surface area contributed by atoms with Crippen molar-refractivity contribution >= 4 is 23.8 Å². The largest absolute Gasteiger partial charge is 0.493 e.